The number of para-hydroxylation sites is 1. The third kappa shape index (κ3) is 6.30. The Morgan fingerprint density at radius 3 is 2.79 bits per heavy atom. The summed E-state index contributed by atoms with van der Waals surface area (Å²) >= 11 is 0. The first-order chi connectivity index (χ1) is 20.0. The Morgan fingerprint density at radius 1 is 1.38 bits per heavy atom. The zero-order chi connectivity index (χ0) is 30.1. The average Bonchev–Trinajstić information content (AvgIpc) is 3.67. The van der Waals surface area contributed by atoms with Crippen LogP contribution in [0.1, 0.15) is 39.5 Å². The molecule has 4 aliphatic rings. The van der Waals surface area contributed by atoms with Crippen LogP contribution in [0.4, 0.5) is 4.39 Å². The molecule has 0 bridgehead atoms. The third-order valence-electron chi connectivity index (χ3n) is 7.67. The van der Waals surface area contributed by atoms with E-state index in [0.717, 1.165) is 25.7 Å². The molecule has 0 radical (unpaired) electrons. The van der Waals surface area contributed by atoms with Crippen molar-refractivity contribution in [1.29, 1.82) is 0 Å². The minimum atomic E-state index is -4.25. The lowest BCUT2D eigenvalue weighted by Crippen LogP contribution is -2.58. The fourth-order valence-electron chi connectivity index (χ4n) is 5.45. The number of carbonyl (C=O) groups is 1. The lowest BCUT2D eigenvalue weighted by Gasteiger charge is -2.36. The van der Waals surface area contributed by atoms with Crippen LogP contribution in [0, 0.1) is 0 Å². The van der Waals surface area contributed by atoms with Crippen molar-refractivity contribution in [2.75, 3.05) is 13.7 Å². The third-order valence-corrected chi connectivity index (χ3v) is 9.32. The van der Waals surface area contributed by atoms with Gasteiger partial charge in [-0.3, -0.25) is 19.3 Å². The molecule has 230 valence electrons. The highest BCUT2D eigenvalue weighted by Gasteiger charge is 2.59. The smallest absolute Gasteiger partial charge is 0.459 e. The first kappa shape index (κ1) is 30.4. The summed E-state index contributed by atoms with van der Waals surface area (Å²) in [5, 5.41) is 16.5. The summed E-state index contributed by atoms with van der Waals surface area (Å²) in [6.45, 7) is 2.08. The van der Waals surface area contributed by atoms with E-state index in [0.29, 0.717) is 5.84 Å². The maximum atomic E-state index is 16.1. The fourth-order valence-corrected chi connectivity index (χ4v) is 6.95. The van der Waals surface area contributed by atoms with Gasteiger partial charge in [-0.25, -0.2) is 13.9 Å². The summed E-state index contributed by atoms with van der Waals surface area (Å²) in [4.78, 5) is 27.2. The molecule has 1 saturated heterocycles. The molecular weight excluding hydrogens is 572 g/mol. The number of ether oxygens (including phenoxy) is 2. The van der Waals surface area contributed by atoms with Gasteiger partial charge in [0.1, 0.15) is 35.9 Å². The number of halogens is 1. The second-order valence-electron chi connectivity index (χ2n) is 10.9. The molecular formula is C26H37FN7O7P. The van der Waals surface area contributed by atoms with Crippen LogP contribution in [-0.4, -0.2) is 96.2 Å². The lowest BCUT2D eigenvalue weighted by molar-refractivity contribution is -0.142. The van der Waals surface area contributed by atoms with Gasteiger partial charge >= 0.3 is 13.7 Å². The van der Waals surface area contributed by atoms with Crippen LogP contribution in [0.3, 0.4) is 0 Å². The molecule has 0 aromatic heterocycles. The Hall–Kier alpha value is -3.10. The van der Waals surface area contributed by atoms with Crippen LogP contribution < -0.4 is 20.7 Å². The molecule has 8 atom stereocenters. The largest absolute Gasteiger partial charge is 0.468 e. The van der Waals surface area contributed by atoms with E-state index < -0.39 is 62.7 Å². The number of esters is 1. The summed E-state index contributed by atoms with van der Waals surface area (Å²) < 4.78 is 51.7. The van der Waals surface area contributed by atoms with Crippen LogP contribution in [0.15, 0.2) is 45.3 Å². The van der Waals surface area contributed by atoms with E-state index in [-0.39, 0.29) is 17.8 Å². The number of alkyl halides is 1. The molecule has 1 aliphatic carbocycles. The number of rotatable bonds is 10. The number of hydrogen-bond donors (Lipinski definition) is 4. The van der Waals surface area contributed by atoms with Crippen molar-refractivity contribution in [2.24, 2.45) is 20.7 Å². The molecule has 0 amide bonds. The summed E-state index contributed by atoms with van der Waals surface area (Å²) in [6, 6.07) is 6.71. The monoisotopic (exact) mass is 609 g/mol. The lowest BCUT2D eigenvalue weighted by atomic mass is 9.97. The van der Waals surface area contributed by atoms with Gasteiger partial charge in [-0.05, 0) is 38.8 Å². The van der Waals surface area contributed by atoms with Gasteiger partial charge in [-0.15, -0.1) is 0 Å². The van der Waals surface area contributed by atoms with E-state index in [1.165, 1.54) is 32.2 Å². The highest BCUT2D eigenvalue weighted by molar-refractivity contribution is 7.52. The number of guanidine groups is 1. The second-order valence-corrected chi connectivity index (χ2v) is 12.6. The molecule has 14 nitrogen and oxygen atoms in total. The van der Waals surface area contributed by atoms with Gasteiger partial charge in [0.25, 0.3) is 0 Å². The Morgan fingerprint density at radius 2 is 2.10 bits per heavy atom. The number of nitrogens with one attached hydrogen (secondary N) is 2. The quantitative estimate of drug-likeness (QED) is 0.223. The van der Waals surface area contributed by atoms with E-state index in [9.17, 15) is 14.5 Å². The number of hydrogen-bond acceptors (Lipinski definition) is 12. The number of aliphatic hydroxyl groups is 1. The van der Waals surface area contributed by atoms with E-state index in [1.54, 1.807) is 30.3 Å². The molecule has 1 aromatic rings. The van der Waals surface area contributed by atoms with E-state index in [2.05, 4.69) is 20.4 Å². The summed E-state index contributed by atoms with van der Waals surface area (Å²) in [6.07, 6.45) is 0.541. The fraction of sp³-hybridized carbons (Fsp3) is 0.615. The van der Waals surface area contributed by atoms with Crippen molar-refractivity contribution in [2.45, 2.75) is 87.9 Å². The van der Waals surface area contributed by atoms with E-state index in [4.69, 9.17) is 29.2 Å². The number of methoxy groups -OCH3 is 1. The zero-order valence-corrected chi connectivity index (χ0v) is 24.5. The number of nitrogens with zero attached hydrogens (tertiary/aromatic N) is 4. The zero-order valence-electron chi connectivity index (χ0n) is 23.6. The number of aliphatic hydroxyl groups excluding tert-OH is 1. The molecule has 2 fully saturated rings. The SMILES string of the molecule is COC(=O)[C@H](C)N[P@@](=O)(OC[C@H]1OC(N2C=NC3C(=NC4CCCC4)NC(N)=NC32)[C@](C)(F)[C@@H]1O)Oc1ccccc1. The van der Waals surface area contributed by atoms with Gasteiger partial charge in [-0.1, -0.05) is 31.0 Å². The van der Waals surface area contributed by atoms with Crippen molar-refractivity contribution in [3.05, 3.63) is 30.3 Å². The van der Waals surface area contributed by atoms with Crippen molar-refractivity contribution in [1.82, 2.24) is 15.3 Å². The van der Waals surface area contributed by atoms with Crippen LogP contribution in [0.5, 0.6) is 5.75 Å². The summed E-state index contributed by atoms with van der Waals surface area (Å²) in [5.74, 6) is 0.168. The molecule has 3 heterocycles. The standard InChI is InChI=1S/C26H37FN7O7P/c1-15(23(36)38-3)33-42(37,41-17-11-5-4-6-12-17)39-13-18-20(35)26(2,27)24(40-18)34-14-29-19-21(30-16-9-7-8-10-16)31-25(28)32-22(19)34/h4-6,11-12,14-16,18-20,22,24,35H,7-10,13H2,1-3H3,(H,33,37)(H3,28,30,31,32)/t15-,18+,19?,20+,22?,24?,26+,42+/m0/s1. The minimum Gasteiger partial charge on any atom is -0.468 e. The Balaban J connectivity index is 1.31. The van der Waals surface area contributed by atoms with Gasteiger partial charge in [0.05, 0.1) is 26.1 Å². The molecule has 1 aromatic carbocycles. The van der Waals surface area contributed by atoms with Crippen LogP contribution in [-0.2, 0) is 23.4 Å². The molecule has 3 unspecified atom stereocenters. The first-order valence-electron chi connectivity index (χ1n) is 13.9. The predicted molar refractivity (Wildman–Crippen MR) is 152 cm³/mol. The number of fused-ring (bicyclic) bond motifs is 1. The molecule has 5 N–H and O–H groups in total. The number of carbonyl (C=O) groups excluding carboxylic acids is 1. The van der Waals surface area contributed by atoms with Crippen molar-refractivity contribution in [3.8, 4) is 5.75 Å². The highest BCUT2D eigenvalue weighted by atomic mass is 31.2. The number of benzene rings is 1. The summed E-state index contributed by atoms with van der Waals surface area (Å²) in [5.41, 5.74) is 3.74. The average molecular weight is 610 g/mol. The van der Waals surface area contributed by atoms with Gasteiger partial charge in [0.2, 0.25) is 0 Å². The Kier molecular flexibility index (Phi) is 8.86. The maximum Gasteiger partial charge on any atom is 0.459 e. The number of amidine groups is 1. The topological polar surface area (TPSA) is 182 Å². The first-order valence-corrected chi connectivity index (χ1v) is 15.4. The van der Waals surface area contributed by atoms with Gasteiger partial charge in [0.15, 0.2) is 24.0 Å². The van der Waals surface area contributed by atoms with Crippen molar-refractivity contribution in [3.63, 3.8) is 0 Å². The van der Waals surface area contributed by atoms with Crippen LogP contribution in [0.25, 0.3) is 0 Å². The molecule has 0 spiro atoms. The summed E-state index contributed by atoms with van der Waals surface area (Å²) in [7, 11) is -3.07. The Labute approximate surface area is 243 Å². The minimum absolute atomic E-state index is 0.118. The highest BCUT2D eigenvalue weighted by Crippen LogP contribution is 2.47. The molecule has 3 aliphatic heterocycles. The van der Waals surface area contributed by atoms with E-state index in [1.807, 2.05) is 0 Å². The van der Waals surface area contributed by atoms with Crippen LogP contribution >= 0.6 is 7.75 Å². The van der Waals surface area contributed by atoms with Gasteiger partial charge in [0, 0.05) is 0 Å². The molecule has 42 heavy (non-hydrogen) atoms. The molecule has 16 heteroatoms. The predicted octanol–water partition coefficient (Wildman–Crippen LogP) is 1.45. The molecule has 5 rings (SSSR count). The second kappa shape index (κ2) is 12.3. The van der Waals surface area contributed by atoms with Crippen molar-refractivity contribution >= 4 is 31.8 Å². The number of nitrogens with two attached hydrogens (primary N) is 1. The number of aliphatic imine (C=N–C) groups is 3. The Bertz CT molecular complexity index is 1280. The normalized spacial score (nSPS) is 34.0. The van der Waals surface area contributed by atoms with Gasteiger partial charge in [-0.2, -0.15) is 5.09 Å². The van der Waals surface area contributed by atoms with E-state index >= 15 is 4.39 Å². The molecule has 1 saturated carbocycles. The van der Waals surface area contributed by atoms with Crippen LogP contribution in [0.2, 0.25) is 0 Å². The maximum absolute atomic E-state index is 16.1. The van der Waals surface area contributed by atoms with Gasteiger partial charge < -0.3 is 35.1 Å². The van der Waals surface area contributed by atoms with Crippen molar-refractivity contribution < 1.29 is 37.4 Å².